The lowest BCUT2D eigenvalue weighted by atomic mass is 10.2. The summed E-state index contributed by atoms with van der Waals surface area (Å²) in [4.78, 5) is 9.81. The predicted molar refractivity (Wildman–Crippen MR) is 56.6 cm³/mol. The molecule has 0 saturated carbocycles. The van der Waals surface area contributed by atoms with Crippen molar-refractivity contribution in [3.63, 3.8) is 0 Å². The van der Waals surface area contributed by atoms with Crippen LogP contribution in [0.25, 0.3) is 0 Å². The highest BCUT2D eigenvalue weighted by molar-refractivity contribution is 5.74. The van der Waals surface area contributed by atoms with Gasteiger partial charge in [-0.1, -0.05) is 25.1 Å². The first-order valence-electron chi connectivity index (χ1n) is 4.38. The molecule has 0 bridgehead atoms. The summed E-state index contributed by atoms with van der Waals surface area (Å²) in [5.41, 5.74) is 7.53. The smallest absolute Gasteiger partial charge is 0.129 e. The highest BCUT2D eigenvalue weighted by atomic mass is 16.1. The first kappa shape index (κ1) is 11.7. The van der Waals surface area contributed by atoms with Gasteiger partial charge >= 0.3 is 0 Å². The second-order valence-electron chi connectivity index (χ2n) is 2.91. The molecule has 1 aromatic rings. The van der Waals surface area contributed by atoms with Crippen molar-refractivity contribution in [3.8, 4) is 0 Å². The Morgan fingerprint density at radius 2 is 1.85 bits per heavy atom. The van der Waals surface area contributed by atoms with Crippen LogP contribution < -0.4 is 5.73 Å². The quantitative estimate of drug-likeness (QED) is 0.673. The molecular weight excluding hydrogens is 162 g/mol. The molecule has 0 amide bonds. The number of para-hydroxylation sites is 1. The van der Waals surface area contributed by atoms with Gasteiger partial charge in [0.05, 0.1) is 0 Å². The summed E-state index contributed by atoms with van der Waals surface area (Å²) >= 11 is 0. The number of nitrogen functional groups attached to an aromatic ring is 1. The van der Waals surface area contributed by atoms with E-state index in [2.05, 4.69) is 0 Å². The number of aryl methyl sites for hydroxylation is 1. The molecule has 1 rings (SSSR count). The molecule has 2 heteroatoms. The van der Waals surface area contributed by atoms with Crippen molar-refractivity contribution < 1.29 is 4.79 Å². The molecule has 13 heavy (non-hydrogen) atoms. The minimum absolute atomic E-state index is 0.255. The molecule has 0 radical (unpaired) electrons. The third-order valence-electron chi connectivity index (χ3n) is 1.69. The summed E-state index contributed by atoms with van der Waals surface area (Å²) in [6, 6.07) is 7.80. The van der Waals surface area contributed by atoms with Gasteiger partial charge < -0.3 is 10.5 Å². The monoisotopic (exact) mass is 179 g/mol. The van der Waals surface area contributed by atoms with Gasteiger partial charge in [0, 0.05) is 12.1 Å². The van der Waals surface area contributed by atoms with Crippen molar-refractivity contribution >= 4 is 11.5 Å². The zero-order chi connectivity index (χ0) is 10.3. The van der Waals surface area contributed by atoms with Crippen molar-refractivity contribution in [2.24, 2.45) is 0 Å². The molecule has 0 aromatic heterocycles. The normalized spacial score (nSPS) is 8.54. The average molecular weight is 179 g/mol. The van der Waals surface area contributed by atoms with Crippen LogP contribution in [0.4, 0.5) is 5.69 Å². The molecule has 2 N–H and O–H groups in total. The van der Waals surface area contributed by atoms with Crippen LogP contribution in [0.15, 0.2) is 24.3 Å². The maximum absolute atomic E-state index is 9.81. The Balaban J connectivity index is 0.000000252. The summed E-state index contributed by atoms with van der Waals surface area (Å²) in [6.07, 6.45) is 0.667. The number of anilines is 1. The van der Waals surface area contributed by atoms with Gasteiger partial charge in [0.1, 0.15) is 5.78 Å². The van der Waals surface area contributed by atoms with Gasteiger partial charge in [-0.15, -0.1) is 0 Å². The highest BCUT2D eigenvalue weighted by Crippen LogP contribution is 2.06. The third-order valence-corrected chi connectivity index (χ3v) is 1.69. The van der Waals surface area contributed by atoms with Crippen molar-refractivity contribution in [1.82, 2.24) is 0 Å². The fourth-order valence-electron chi connectivity index (χ4n) is 0.587. The number of carbonyl (C=O) groups is 1. The zero-order valence-corrected chi connectivity index (χ0v) is 8.50. The second-order valence-corrected chi connectivity index (χ2v) is 2.91. The standard InChI is InChI=1S/C7H9N.C4H8O/c1-6-4-2-3-5-7(6)8;1-3-4(2)5/h2-5H,8H2,1H3;3H2,1-2H3. The van der Waals surface area contributed by atoms with E-state index in [1.54, 1.807) is 6.92 Å². The first-order chi connectivity index (χ1) is 6.07. The molecule has 0 unspecified atom stereocenters. The lowest BCUT2D eigenvalue weighted by molar-refractivity contribution is -0.116. The molecule has 0 atom stereocenters. The van der Waals surface area contributed by atoms with Crippen molar-refractivity contribution in [2.75, 3.05) is 5.73 Å². The Labute approximate surface area is 79.8 Å². The Morgan fingerprint density at radius 3 is 2.08 bits per heavy atom. The molecule has 72 valence electrons. The van der Waals surface area contributed by atoms with Gasteiger partial charge in [0.15, 0.2) is 0 Å². The van der Waals surface area contributed by atoms with Crippen LogP contribution in [0.5, 0.6) is 0 Å². The Kier molecular flexibility index (Phi) is 5.60. The number of ketones is 1. The van der Waals surface area contributed by atoms with E-state index in [4.69, 9.17) is 5.73 Å². The first-order valence-corrected chi connectivity index (χ1v) is 4.38. The third kappa shape index (κ3) is 5.91. The van der Waals surface area contributed by atoms with Crippen molar-refractivity contribution in [1.29, 1.82) is 0 Å². The molecule has 0 aliphatic rings. The number of hydrogen-bond acceptors (Lipinski definition) is 2. The number of benzene rings is 1. The van der Waals surface area contributed by atoms with Crippen molar-refractivity contribution in [2.45, 2.75) is 27.2 Å². The number of nitrogens with two attached hydrogens (primary N) is 1. The molecule has 0 fully saturated rings. The van der Waals surface area contributed by atoms with Gasteiger partial charge in [-0.2, -0.15) is 0 Å². The Hall–Kier alpha value is -1.31. The number of hydrogen-bond donors (Lipinski definition) is 1. The molecule has 0 aliphatic heterocycles. The summed E-state index contributed by atoms with van der Waals surface area (Å²) < 4.78 is 0. The molecule has 2 nitrogen and oxygen atoms in total. The van der Waals surface area contributed by atoms with Crippen molar-refractivity contribution in [3.05, 3.63) is 29.8 Å². The molecule has 0 saturated heterocycles. The Bertz CT molecular complexity index is 248. The highest BCUT2D eigenvalue weighted by Gasteiger charge is 1.84. The lowest BCUT2D eigenvalue weighted by Crippen LogP contribution is -1.85. The molecule has 0 heterocycles. The van der Waals surface area contributed by atoms with E-state index < -0.39 is 0 Å². The minimum atomic E-state index is 0.255. The number of Topliss-reactive ketones (excluding diaryl/α,β-unsaturated/α-hetero) is 1. The topological polar surface area (TPSA) is 43.1 Å². The van der Waals surface area contributed by atoms with Crippen LogP contribution in [0, 0.1) is 6.92 Å². The minimum Gasteiger partial charge on any atom is -0.399 e. The summed E-state index contributed by atoms with van der Waals surface area (Å²) in [5.74, 6) is 0.255. The molecule has 0 aliphatic carbocycles. The molecule has 1 aromatic carbocycles. The van der Waals surface area contributed by atoms with Gasteiger partial charge in [-0.3, -0.25) is 0 Å². The molecular formula is C11H17NO. The fraction of sp³-hybridized carbons (Fsp3) is 0.364. The van der Waals surface area contributed by atoms with Gasteiger partial charge in [0.25, 0.3) is 0 Å². The van der Waals surface area contributed by atoms with E-state index in [0.29, 0.717) is 6.42 Å². The maximum atomic E-state index is 9.81. The van der Waals surface area contributed by atoms with Gasteiger partial charge in [0.2, 0.25) is 0 Å². The van der Waals surface area contributed by atoms with Crippen LogP contribution in [-0.4, -0.2) is 5.78 Å². The van der Waals surface area contributed by atoms with Gasteiger partial charge in [-0.25, -0.2) is 0 Å². The molecule has 0 spiro atoms. The maximum Gasteiger partial charge on any atom is 0.129 e. The SMILES string of the molecule is CCC(C)=O.Cc1ccccc1N. The van der Waals surface area contributed by atoms with Gasteiger partial charge in [-0.05, 0) is 25.5 Å². The van der Waals surface area contributed by atoms with E-state index in [9.17, 15) is 4.79 Å². The van der Waals surface area contributed by atoms with Crippen LogP contribution in [-0.2, 0) is 4.79 Å². The zero-order valence-electron chi connectivity index (χ0n) is 8.50. The summed E-state index contributed by atoms with van der Waals surface area (Å²) in [7, 11) is 0. The van der Waals surface area contributed by atoms with Crippen LogP contribution >= 0.6 is 0 Å². The number of carbonyl (C=O) groups excluding carboxylic acids is 1. The van der Waals surface area contributed by atoms with E-state index in [1.807, 2.05) is 38.1 Å². The summed E-state index contributed by atoms with van der Waals surface area (Å²) in [6.45, 7) is 5.43. The second kappa shape index (κ2) is 6.23. The summed E-state index contributed by atoms with van der Waals surface area (Å²) in [5, 5.41) is 0. The fourth-order valence-corrected chi connectivity index (χ4v) is 0.587. The average Bonchev–Trinajstić information content (AvgIpc) is 2.11. The van der Waals surface area contributed by atoms with Crippen LogP contribution in [0.2, 0.25) is 0 Å². The van der Waals surface area contributed by atoms with Crippen LogP contribution in [0.3, 0.4) is 0 Å². The lowest BCUT2D eigenvalue weighted by Gasteiger charge is -1.93. The number of rotatable bonds is 1. The Morgan fingerprint density at radius 1 is 1.38 bits per heavy atom. The van der Waals surface area contributed by atoms with E-state index in [-0.39, 0.29) is 5.78 Å². The van der Waals surface area contributed by atoms with E-state index in [0.717, 1.165) is 11.3 Å². The van der Waals surface area contributed by atoms with E-state index in [1.165, 1.54) is 0 Å². The predicted octanol–water partition coefficient (Wildman–Crippen LogP) is 2.56. The van der Waals surface area contributed by atoms with Crippen LogP contribution in [0.1, 0.15) is 25.8 Å². The van der Waals surface area contributed by atoms with E-state index >= 15 is 0 Å². The largest absolute Gasteiger partial charge is 0.399 e.